The molecular formula is C16H31N3O2. The molecule has 0 spiro atoms. The second kappa shape index (κ2) is 8.11. The Morgan fingerprint density at radius 3 is 2.62 bits per heavy atom. The second-order valence-electron chi connectivity index (χ2n) is 6.66. The zero-order valence-electron chi connectivity index (χ0n) is 13.7. The maximum Gasteiger partial charge on any atom is 0.234 e. The van der Waals surface area contributed by atoms with Crippen molar-refractivity contribution in [2.75, 3.05) is 26.8 Å². The van der Waals surface area contributed by atoms with Crippen molar-refractivity contribution in [1.82, 2.24) is 15.5 Å². The molecular weight excluding hydrogens is 266 g/mol. The molecule has 0 aliphatic carbocycles. The fraction of sp³-hybridized carbons (Fsp3) is 0.938. The van der Waals surface area contributed by atoms with Gasteiger partial charge in [0.15, 0.2) is 0 Å². The number of carbonyl (C=O) groups excluding carboxylic acids is 1. The van der Waals surface area contributed by atoms with E-state index >= 15 is 0 Å². The first kappa shape index (κ1) is 16.7. The van der Waals surface area contributed by atoms with Gasteiger partial charge in [-0.15, -0.1) is 0 Å². The van der Waals surface area contributed by atoms with Gasteiger partial charge in [0.2, 0.25) is 5.91 Å². The Labute approximate surface area is 128 Å². The molecule has 3 atom stereocenters. The van der Waals surface area contributed by atoms with E-state index in [1.807, 2.05) is 6.92 Å². The minimum absolute atomic E-state index is 0.0789. The molecule has 21 heavy (non-hydrogen) atoms. The van der Waals surface area contributed by atoms with Crippen LogP contribution in [-0.4, -0.2) is 61.8 Å². The number of rotatable bonds is 8. The van der Waals surface area contributed by atoms with Crippen molar-refractivity contribution in [3.63, 3.8) is 0 Å². The quantitative estimate of drug-likeness (QED) is 0.705. The van der Waals surface area contributed by atoms with Crippen LogP contribution >= 0.6 is 0 Å². The highest BCUT2D eigenvalue weighted by Crippen LogP contribution is 2.29. The maximum absolute atomic E-state index is 12.2. The molecule has 0 aromatic carbocycles. The SMILES string of the molecule is CCCN(CC(=O)NC(C)COC)C1CC2CCC(C1)N2. The van der Waals surface area contributed by atoms with E-state index in [1.165, 1.54) is 25.7 Å². The summed E-state index contributed by atoms with van der Waals surface area (Å²) < 4.78 is 5.07. The van der Waals surface area contributed by atoms with Crippen LogP contribution in [0, 0.1) is 0 Å². The number of methoxy groups -OCH3 is 1. The van der Waals surface area contributed by atoms with Crippen molar-refractivity contribution < 1.29 is 9.53 Å². The molecule has 2 aliphatic heterocycles. The van der Waals surface area contributed by atoms with Gasteiger partial charge in [0, 0.05) is 31.3 Å². The van der Waals surface area contributed by atoms with E-state index in [0.29, 0.717) is 31.3 Å². The first-order chi connectivity index (χ1) is 10.1. The summed E-state index contributed by atoms with van der Waals surface area (Å²) in [6, 6.07) is 1.98. The molecule has 1 amide bonds. The molecule has 2 aliphatic rings. The molecule has 0 radical (unpaired) electrons. The number of hydrogen-bond acceptors (Lipinski definition) is 4. The molecule has 122 valence electrons. The molecule has 2 bridgehead atoms. The molecule has 2 heterocycles. The predicted octanol–water partition coefficient (Wildman–Crippen LogP) is 1.13. The third kappa shape index (κ3) is 4.94. The second-order valence-corrected chi connectivity index (χ2v) is 6.66. The van der Waals surface area contributed by atoms with E-state index in [1.54, 1.807) is 7.11 Å². The summed E-state index contributed by atoms with van der Waals surface area (Å²) in [7, 11) is 1.66. The van der Waals surface area contributed by atoms with Gasteiger partial charge in [0.1, 0.15) is 0 Å². The number of amides is 1. The van der Waals surface area contributed by atoms with Crippen LogP contribution in [0.15, 0.2) is 0 Å². The van der Waals surface area contributed by atoms with Crippen molar-refractivity contribution in [1.29, 1.82) is 0 Å². The molecule has 3 unspecified atom stereocenters. The van der Waals surface area contributed by atoms with Gasteiger partial charge >= 0.3 is 0 Å². The number of piperidine rings is 1. The zero-order valence-corrected chi connectivity index (χ0v) is 13.7. The van der Waals surface area contributed by atoms with Crippen molar-refractivity contribution in [3.8, 4) is 0 Å². The van der Waals surface area contributed by atoms with Crippen LogP contribution in [0.5, 0.6) is 0 Å². The minimum atomic E-state index is 0.0789. The molecule has 0 aromatic rings. The average molecular weight is 297 g/mol. The molecule has 5 heteroatoms. The van der Waals surface area contributed by atoms with Gasteiger partial charge in [-0.25, -0.2) is 0 Å². The molecule has 2 rings (SSSR count). The average Bonchev–Trinajstić information content (AvgIpc) is 2.77. The van der Waals surface area contributed by atoms with Gasteiger partial charge in [-0.3, -0.25) is 9.69 Å². The van der Waals surface area contributed by atoms with Crippen LogP contribution < -0.4 is 10.6 Å². The van der Waals surface area contributed by atoms with Crippen LogP contribution in [0.25, 0.3) is 0 Å². The van der Waals surface area contributed by atoms with E-state index < -0.39 is 0 Å². The van der Waals surface area contributed by atoms with Gasteiger partial charge in [0.25, 0.3) is 0 Å². The smallest absolute Gasteiger partial charge is 0.234 e. The first-order valence-electron chi connectivity index (χ1n) is 8.40. The summed E-state index contributed by atoms with van der Waals surface area (Å²) in [5.74, 6) is 0.124. The molecule has 2 saturated heterocycles. The highest BCUT2D eigenvalue weighted by molar-refractivity contribution is 5.78. The Morgan fingerprint density at radius 2 is 2.05 bits per heavy atom. The highest BCUT2D eigenvalue weighted by Gasteiger charge is 2.36. The van der Waals surface area contributed by atoms with Crippen molar-refractivity contribution in [2.45, 2.75) is 70.1 Å². The maximum atomic E-state index is 12.2. The highest BCUT2D eigenvalue weighted by atomic mass is 16.5. The topological polar surface area (TPSA) is 53.6 Å². The number of nitrogens with one attached hydrogen (secondary N) is 2. The molecule has 2 N–H and O–H groups in total. The monoisotopic (exact) mass is 297 g/mol. The summed E-state index contributed by atoms with van der Waals surface area (Å²) >= 11 is 0. The van der Waals surface area contributed by atoms with Crippen molar-refractivity contribution in [2.24, 2.45) is 0 Å². The Kier molecular flexibility index (Phi) is 6.45. The van der Waals surface area contributed by atoms with E-state index in [2.05, 4.69) is 22.5 Å². The number of ether oxygens (including phenoxy) is 1. The van der Waals surface area contributed by atoms with E-state index in [-0.39, 0.29) is 11.9 Å². The largest absolute Gasteiger partial charge is 0.383 e. The standard InChI is InChI=1S/C16H31N3O2/c1-4-7-19(10-16(20)17-12(2)11-21-3)15-8-13-5-6-14(9-15)18-13/h12-15,18H,4-11H2,1-3H3,(H,17,20). The number of nitrogens with zero attached hydrogens (tertiary/aromatic N) is 1. The lowest BCUT2D eigenvalue weighted by Crippen LogP contribution is -2.51. The van der Waals surface area contributed by atoms with Crippen molar-refractivity contribution >= 4 is 5.91 Å². The summed E-state index contributed by atoms with van der Waals surface area (Å²) in [4.78, 5) is 14.6. The van der Waals surface area contributed by atoms with Gasteiger partial charge in [-0.2, -0.15) is 0 Å². The fourth-order valence-corrected chi connectivity index (χ4v) is 3.80. The summed E-state index contributed by atoms with van der Waals surface area (Å²) in [5.41, 5.74) is 0. The summed E-state index contributed by atoms with van der Waals surface area (Å²) in [5, 5.41) is 6.70. The molecule has 2 fully saturated rings. The summed E-state index contributed by atoms with van der Waals surface area (Å²) in [6.45, 7) is 6.27. The molecule has 0 aromatic heterocycles. The van der Waals surface area contributed by atoms with Gasteiger partial charge < -0.3 is 15.4 Å². The van der Waals surface area contributed by atoms with E-state index in [4.69, 9.17) is 4.74 Å². The number of fused-ring (bicyclic) bond motifs is 2. The van der Waals surface area contributed by atoms with Crippen LogP contribution in [0.3, 0.4) is 0 Å². The lowest BCUT2D eigenvalue weighted by Gasteiger charge is -2.37. The third-order valence-corrected chi connectivity index (χ3v) is 4.65. The fourth-order valence-electron chi connectivity index (χ4n) is 3.80. The normalized spacial score (nSPS) is 29.6. The molecule has 0 saturated carbocycles. The Bertz CT molecular complexity index is 325. The first-order valence-corrected chi connectivity index (χ1v) is 8.40. The summed E-state index contributed by atoms with van der Waals surface area (Å²) in [6.07, 6.45) is 6.09. The predicted molar refractivity (Wildman–Crippen MR) is 84.3 cm³/mol. The molecule has 5 nitrogen and oxygen atoms in total. The van der Waals surface area contributed by atoms with E-state index in [0.717, 1.165) is 13.0 Å². The van der Waals surface area contributed by atoms with E-state index in [9.17, 15) is 4.79 Å². The minimum Gasteiger partial charge on any atom is -0.383 e. The third-order valence-electron chi connectivity index (χ3n) is 4.65. The zero-order chi connectivity index (χ0) is 15.2. The van der Waals surface area contributed by atoms with Gasteiger partial charge in [-0.1, -0.05) is 6.92 Å². The Hall–Kier alpha value is -0.650. The number of hydrogen-bond donors (Lipinski definition) is 2. The number of carbonyl (C=O) groups is 1. The van der Waals surface area contributed by atoms with Crippen LogP contribution in [0.1, 0.15) is 46.0 Å². The Morgan fingerprint density at radius 1 is 1.38 bits per heavy atom. The van der Waals surface area contributed by atoms with Gasteiger partial charge in [0.05, 0.1) is 13.2 Å². The van der Waals surface area contributed by atoms with Crippen LogP contribution in [-0.2, 0) is 9.53 Å². The van der Waals surface area contributed by atoms with Crippen LogP contribution in [0.4, 0.5) is 0 Å². The van der Waals surface area contributed by atoms with Crippen LogP contribution in [0.2, 0.25) is 0 Å². The van der Waals surface area contributed by atoms with Crippen molar-refractivity contribution in [3.05, 3.63) is 0 Å². The van der Waals surface area contributed by atoms with Gasteiger partial charge in [-0.05, 0) is 45.6 Å². The lowest BCUT2D eigenvalue weighted by molar-refractivity contribution is -0.124. The lowest BCUT2D eigenvalue weighted by atomic mass is 9.98. The Balaban J connectivity index is 1.85.